The second kappa shape index (κ2) is 3.45. The maximum absolute atomic E-state index is 6.91. The molecule has 0 N–H and O–H groups in total. The first-order valence-electron chi connectivity index (χ1n) is 4.12. The van der Waals surface area contributed by atoms with Crippen LogP contribution in [-0.2, 0) is 6.42 Å². The van der Waals surface area contributed by atoms with Crippen molar-refractivity contribution in [2.75, 3.05) is 0 Å². The summed E-state index contributed by atoms with van der Waals surface area (Å²) in [6.07, 6.45) is 7.54. The van der Waals surface area contributed by atoms with E-state index in [1.54, 1.807) is 0 Å². The van der Waals surface area contributed by atoms with Gasteiger partial charge in [-0.05, 0) is 49.4 Å². The summed E-state index contributed by atoms with van der Waals surface area (Å²) < 4.78 is 0. The Morgan fingerprint density at radius 2 is 1.83 bits per heavy atom. The lowest BCUT2D eigenvalue weighted by Crippen LogP contribution is -1.93. The molecule has 0 aliphatic carbocycles. The van der Waals surface area contributed by atoms with E-state index in [2.05, 4.69) is 38.8 Å². The molecule has 0 spiro atoms. The summed E-state index contributed by atoms with van der Waals surface area (Å²) in [5.41, 5.74) is 5.17. The fourth-order valence-corrected chi connectivity index (χ4v) is 1.30. The van der Waals surface area contributed by atoms with Crippen LogP contribution in [0, 0.1) is 33.1 Å². The number of rotatable bonds is 1. The van der Waals surface area contributed by atoms with Crippen molar-refractivity contribution in [3.8, 4) is 5.92 Å². The summed E-state index contributed by atoms with van der Waals surface area (Å²) in [6.45, 7) is 6.34. The van der Waals surface area contributed by atoms with Crippen molar-refractivity contribution in [3.63, 3.8) is 0 Å². The van der Waals surface area contributed by atoms with E-state index >= 15 is 0 Å². The summed E-state index contributed by atoms with van der Waals surface area (Å²) in [4.78, 5) is 0. The molecule has 0 amide bonds. The Bertz CT molecular complexity index is 327. The van der Waals surface area contributed by atoms with Crippen molar-refractivity contribution in [1.82, 2.24) is 0 Å². The molecule has 12 heavy (non-hydrogen) atoms. The lowest BCUT2D eigenvalue weighted by molar-refractivity contribution is 1.17. The molecule has 0 fully saturated rings. The highest BCUT2D eigenvalue weighted by atomic mass is 14.1. The van der Waals surface area contributed by atoms with Gasteiger partial charge in [-0.15, -0.1) is 0 Å². The summed E-state index contributed by atoms with van der Waals surface area (Å²) in [5, 5.41) is 0. The molecule has 1 aromatic rings. The van der Waals surface area contributed by atoms with Crippen LogP contribution in [0.1, 0.15) is 22.3 Å². The number of hydrogen-bond acceptors (Lipinski definition) is 0. The highest BCUT2D eigenvalue weighted by Crippen LogP contribution is 2.16. The van der Waals surface area contributed by atoms with E-state index in [-0.39, 0.29) is 0 Å². The van der Waals surface area contributed by atoms with Crippen LogP contribution in [0.3, 0.4) is 0 Å². The molecule has 0 bridgehead atoms. The van der Waals surface area contributed by atoms with E-state index in [4.69, 9.17) is 6.42 Å². The van der Waals surface area contributed by atoms with Gasteiger partial charge >= 0.3 is 0 Å². The number of hydrogen-bond donors (Lipinski definition) is 0. The van der Waals surface area contributed by atoms with Crippen LogP contribution in [-0.4, -0.2) is 0 Å². The van der Waals surface area contributed by atoms with Gasteiger partial charge in [0.05, 0.1) is 0 Å². The molecule has 0 aliphatic rings. The van der Waals surface area contributed by atoms with Gasteiger partial charge in [-0.3, -0.25) is 0 Å². The van der Waals surface area contributed by atoms with Gasteiger partial charge in [0, 0.05) is 6.42 Å². The van der Waals surface area contributed by atoms with E-state index in [0.29, 0.717) is 6.42 Å². The van der Waals surface area contributed by atoms with E-state index < -0.39 is 0 Å². The lowest BCUT2D eigenvalue weighted by atomic mass is 9.97. The largest absolute Gasteiger partial charge is 0.0843 e. The van der Waals surface area contributed by atoms with Crippen LogP contribution in [0.4, 0.5) is 0 Å². The van der Waals surface area contributed by atoms with Crippen LogP contribution in [0.15, 0.2) is 12.1 Å². The predicted molar refractivity (Wildman–Crippen MR) is 51.5 cm³/mol. The molecular weight excluding hydrogens is 144 g/mol. The highest BCUT2D eigenvalue weighted by Gasteiger charge is 2.01. The third kappa shape index (κ3) is 1.51. The Labute approximate surface area is 74.6 Å². The molecule has 0 atom stereocenters. The second-order valence-electron chi connectivity index (χ2n) is 3.15. The Kier molecular flexibility index (Phi) is 2.55. The first kappa shape index (κ1) is 8.87. The van der Waals surface area contributed by atoms with Crippen LogP contribution >= 0.6 is 0 Å². The standard InChI is InChI=1S/C12H13/c1-5-6-12-8-7-9(2)10(3)11(12)4/h7-8H,6H2,2-4H3. The van der Waals surface area contributed by atoms with Gasteiger partial charge in [0.1, 0.15) is 0 Å². The SMILES string of the molecule is [C]#CCc1ccc(C)c(C)c1C. The third-order valence-corrected chi connectivity index (χ3v) is 2.45. The average molecular weight is 157 g/mol. The molecule has 61 valence electrons. The third-order valence-electron chi connectivity index (χ3n) is 2.45. The van der Waals surface area contributed by atoms with Crippen LogP contribution in [0.2, 0.25) is 0 Å². The maximum atomic E-state index is 6.91. The van der Waals surface area contributed by atoms with Crippen molar-refractivity contribution >= 4 is 0 Å². The van der Waals surface area contributed by atoms with Crippen molar-refractivity contribution in [1.29, 1.82) is 0 Å². The lowest BCUT2D eigenvalue weighted by Gasteiger charge is -2.08. The van der Waals surface area contributed by atoms with Gasteiger partial charge in [-0.25, -0.2) is 0 Å². The number of benzene rings is 1. The maximum Gasteiger partial charge on any atom is 0.0353 e. The topological polar surface area (TPSA) is 0 Å². The van der Waals surface area contributed by atoms with Gasteiger partial charge in [0.2, 0.25) is 0 Å². The van der Waals surface area contributed by atoms with E-state index in [1.165, 1.54) is 22.3 Å². The van der Waals surface area contributed by atoms with Gasteiger partial charge < -0.3 is 0 Å². The molecule has 0 heterocycles. The quantitative estimate of drug-likeness (QED) is 0.550. The highest BCUT2D eigenvalue weighted by molar-refractivity contribution is 5.39. The molecule has 0 heteroatoms. The Morgan fingerprint density at radius 1 is 1.17 bits per heavy atom. The van der Waals surface area contributed by atoms with Crippen molar-refractivity contribution in [2.45, 2.75) is 27.2 Å². The smallest absolute Gasteiger partial charge is 0.0353 e. The minimum Gasteiger partial charge on any atom is -0.0843 e. The summed E-state index contributed by atoms with van der Waals surface area (Å²) >= 11 is 0. The first-order valence-corrected chi connectivity index (χ1v) is 4.12. The summed E-state index contributed by atoms with van der Waals surface area (Å²) in [7, 11) is 0. The summed E-state index contributed by atoms with van der Waals surface area (Å²) in [6, 6.07) is 4.19. The van der Waals surface area contributed by atoms with Crippen LogP contribution < -0.4 is 0 Å². The fourth-order valence-electron chi connectivity index (χ4n) is 1.30. The second-order valence-corrected chi connectivity index (χ2v) is 3.15. The predicted octanol–water partition coefficient (Wildman–Crippen LogP) is 2.74. The van der Waals surface area contributed by atoms with E-state index in [9.17, 15) is 0 Å². The average Bonchev–Trinajstić information content (AvgIpc) is 2.07. The zero-order valence-corrected chi connectivity index (χ0v) is 7.86. The van der Waals surface area contributed by atoms with Crippen LogP contribution in [0.5, 0.6) is 0 Å². The Balaban J connectivity index is 3.19. The Hall–Kier alpha value is -1.22. The van der Waals surface area contributed by atoms with Crippen molar-refractivity contribution in [3.05, 3.63) is 40.8 Å². The molecule has 0 nitrogen and oxygen atoms in total. The number of aryl methyl sites for hydroxylation is 1. The molecular formula is C12H13. The Morgan fingerprint density at radius 3 is 2.42 bits per heavy atom. The van der Waals surface area contributed by atoms with Crippen molar-refractivity contribution < 1.29 is 0 Å². The summed E-state index contributed by atoms with van der Waals surface area (Å²) in [5.74, 6) is 2.42. The normalized spacial score (nSPS) is 9.50. The minimum atomic E-state index is 0.632. The van der Waals surface area contributed by atoms with E-state index in [0.717, 1.165) is 0 Å². The molecule has 0 saturated carbocycles. The zero-order chi connectivity index (χ0) is 9.14. The molecule has 0 aromatic heterocycles. The molecule has 1 aromatic carbocycles. The van der Waals surface area contributed by atoms with Gasteiger partial charge in [-0.2, -0.15) is 0 Å². The van der Waals surface area contributed by atoms with Gasteiger partial charge in [0.25, 0.3) is 0 Å². The van der Waals surface area contributed by atoms with Crippen molar-refractivity contribution in [2.24, 2.45) is 0 Å². The monoisotopic (exact) mass is 157 g/mol. The van der Waals surface area contributed by atoms with E-state index in [1.807, 2.05) is 0 Å². The fraction of sp³-hybridized carbons (Fsp3) is 0.333. The van der Waals surface area contributed by atoms with Gasteiger partial charge in [-0.1, -0.05) is 18.1 Å². The molecule has 1 rings (SSSR count). The molecule has 0 aliphatic heterocycles. The zero-order valence-electron chi connectivity index (χ0n) is 7.86. The molecule has 0 unspecified atom stereocenters. The first-order chi connectivity index (χ1) is 5.66. The molecule has 1 radical (unpaired) electrons. The molecule has 0 saturated heterocycles. The van der Waals surface area contributed by atoms with Gasteiger partial charge in [0.15, 0.2) is 0 Å². The minimum absolute atomic E-state index is 0.632. The van der Waals surface area contributed by atoms with Crippen LogP contribution in [0.25, 0.3) is 0 Å².